The molecule has 0 radical (unpaired) electrons. The minimum Gasteiger partial charge on any atom is -0.321 e. The van der Waals surface area contributed by atoms with E-state index in [-0.39, 0.29) is 5.91 Å². The van der Waals surface area contributed by atoms with E-state index in [1.54, 1.807) is 24.4 Å². The van der Waals surface area contributed by atoms with Crippen LogP contribution >= 0.6 is 27.5 Å². The van der Waals surface area contributed by atoms with Crippen LogP contribution in [-0.4, -0.2) is 10.9 Å². The largest absolute Gasteiger partial charge is 0.321 e. The quantitative estimate of drug-likeness (QED) is 0.911. The van der Waals surface area contributed by atoms with Gasteiger partial charge in [-0.25, -0.2) is 0 Å². The first kappa shape index (κ1) is 13.5. The summed E-state index contributed by atoms with van der Waals surface area (Å²) in [6.45, 7) is 0. The van der Waals surface area contributed by atoms with Crippen LogP contribution < -0.4 is 5.32 Å². The first-order chi connectivity index (χ1) is 9.10. The van der Waals surface area contributed by atoms with Gasteiger partial charge < -0.3 is 5.32 Å². The predicted molar refractivity (Wildman–Crippen MR) is 76.1 cm³/mol. The number of nitrogens with zero attached hydrogens (tertiary/aromatic N) is 2. The molecule has 0 spiro atoms. The average Bonchev–Trinajstić information content (AvgIpc) is 2.41. The Hall–Kier alpha value is -1.90. The average molecular weight is 337 g/mol. The van der Waals surface area contributed by atoms with Crippen LogP contribution in [0.15, 0.2) is 41.1 Å². The van der Waals surface area contributed by atoms with Gasteiger partial charge in [0, 0.05) is 16.9 Å². The van der Waals surface area contributed by atoms with E-state index in [9.17, 15) is 4.79 Å². The molecule has 0 saturated heterocycles. The van der Waals surface area contributed by atoms with E-state index in [1.165, 1.54) is 12.3 Å². The zero-order chi connectivity index (χ0) is 13.8. The molecule has 0 aliphatic heterocycles. The molecule has 1 amide bonds. The fourth-order valence-corrected chi connectivity index (χ4v) is 1.95. The summed E-state index contributed by atoms with van der Waals surface area (Å²) in [5, 5.41) is 11.8. The van der Waals surface area contributed by atoms with Crippen LogP contribution in [0.25, 0.3) is 0 Å². The lowest BCUT2D eigenvalue weighted by molar-refractivity contribution is 0.102. The maximum atomic E-state index is 12.0. The topological polar surface area (TPSA) is 65.8 Å². The standard InChI is InChI=1S/C13H7BrClN3O/c14-10-4-9(6-17-7-10)13(19)18-12-3-8(5-16)1-2-11(12)15/h1-4,6-7H,(H,18,19). The molecule has 94 valence electrons. The maximum Gasteiger partial charge on any atom is 0.257 e. The van der Waals surface area contributed by atoms with E-state index < -0.39 is 0 Å². The Balaban J connectivity index is 2.27. The Bertz CT molecular complexity index is 682. The molecule has 6 heteroatoms. The zero-order valence-corrected chi connectivity index (χ0v) is 11.9. The molecule has 19 heavy (non-hydrogen) atoms. The number of nitrogens with one attached hydrogen (secondary N) is 1. The Kier molecular flexibility index (Phi) is 4.15. The van der Waals surface area contributed by atoms with E-state index in [4.69, 9.17) is 16.9 Å². The van der Waals surface area contributed by atoms with E-state index >= 15 is 0 Å². The van der Waals surface area contributed by atoms with Crippen molar-refractivity contribution < 1.29 is 4.79 Å². The van der Waals surface area contributed by atoms with Crippen LogP contribution in [-0.2, 0) is 0 Å². The smallest absolute Gasteiger partial charge is 0.257 e. The molecule has 1 aromatic heterocycles. The van der Waals surface area contributed by atoms with Crippen molar-refractivity contribution in [3.05, 3.63) is 57.3 Å². The molecule has 1 heterocycles. The van der Waals surface area contributed by atoms with Crippen LogP contribution in [0.2, 0.25) is 5.02 Å². The highest BCUT2D eigenvalue weighted by atomic mass is 79.9. The van der Waals surface area contributed by atoms with Crippen molar-refractivity contribution >= 4 is 39.1 Å². The molecule has 1 aromatic carbocycles. The highest BCUT2D eigenvalue weighted by Gasteiger charge is 2.10. The molecular weight excluding hydrogens is 330 g/mol. The third kappa shape index (κ3) is 3.31. The predicted octanol–water partition coefficient (Wildman–Crippen LogP) is 3.62. The molecule has 0 aliphatic carbocycles. The van der Waals surface area contributed by atoms with Crippen molar-refractivity contribution in [3.8, 4) is 6.07 Å². The van der Waals surface area contributed by atoms with E-state index in [2.05, 4.69) is 26.2 Å². The molecule has 4 nitrogen and oxygen atoms in total. The molecule has 0 fully saturated rings. The van der Waals surface area contributed by atoms with Crippen molar-refractivity contribution in [2.45, 2.75) is 0 Å². The number of anilines is 1. The van der Waals surface area contributed by atoms with E-state index in [0.29, 0.717) is 26.3 Å². The van der Waals surface area contributed by atoms with Gasteiger partial charge in [0.25, 0.3) is 5.91 Å². The summed E-state index contributed by atoms with van der Waals surface area (Å²) in [5.74, 6) is -0.342. The van der Waals surface area contributed by atoms with Gasteiger partial charge in [-0.1, -0.05) is 11.6 Å². The van der Waals surface area contributed by atoms with Crippen LogP contribution in [0.1, 0.15) is 15.9 Å². The lowest BCUT2D eigenvalue weighted by atomic mass is 10.2. The molecule has 0 aliphatic rings. The van der Waals surface area contributed by atoms with Gasteiger partial charge in [-0.05, 0) is 40.2 Å². The molecular formula is C13H7BrClN3O. The number of carbonyl (C=O) groups is 1. The molecule has 0 unspecified atom stereocenters. The summed E-state index contributed by atoms with van der Waals surface area (Å²) in [4.78, 5) is 15.9. The number of aromatic nitrogens is 1. The van der Waals surface area contributed by atoms with Gasteiger partial charge in [-0.2, -0.15) is 5.26 Å². The minimum atomic E-state index is -0.342. The Morgan fingerprint density at radius 3 is 2.84 bits per heavy atom. The lowest BCUT2D eigenvalue weighted by Gasteiger charge is -2.07. The number of nitriles is 1. The number of hydrogen-bond donors (Lipinski definition) is 1. The fraction of sp³-hybridized carbons (Fsp3) is 0. The van der Waals surface area contributed by atoms with Crippen molar-refractivity contribution in [1.82, 2.24) is 4.98 Å². The van der Waals surface area contributed by atoms with Crippen LogP contribution in [0.4, 0.5) is 5.69 Å². The van der Waals surface area contributed by atoms with E-state index in [1.807, 2.05) is 6.07 Å². The second kappa shape index (κ2) is 5.83. The maximum absolute atomic E-state index is 12.0. The normalized spacial score (nSPS) is 9.74. The van der Waals surface area contributed by atoms with Gasteiger partial charge in [-0.15, -0.1) is 0 Å². The summed E-state index contributed by atoms with van der Waals surface area (Å²) < 4.78 is 0.706. The van der Waals surface area contributed by atoms with Crippen LogP contribution in [0, 0.1) is 11.3 Å². The van der Waals surface area contributed by atoms with Crippen molar-refractivity contribution in [1.29, 1.82) is 5.26 Å². The number of carbonyl (C=O) groups excluding carboxylic acids is 1. The van der Waals surface area contributed by atoms with Crippen LogP contribution in [0.5, 0.6) is 0 Å². The number of pyridine rings is 1. The second-order valence-electron chi connectivity index (χ2n) is 3.65. The monoisotopic (exact) mass is 335 g/mol. The molecule has 0 bridgehead atoms. The van der Waals surface area contributed by atoms with Gasteiger partial charge in [0.2, 0.25) is 0 Å². The van der Waals surface area contributed by atoms with Gasteiger partial charge in [0.05, 0.1) is 27.9 Å². The van der Waals surface area contributed by atoms with Crippen LogP contribution in [0.3, 0.4) is 0 Å². The van der Waals surface area contributed by atoms with Gasteiger partial charge >= 0.3 is 0 Å². The number of amides is 1. The molecule has 1 N–H and O–H groups in total. The summed E-state index contributed by atoms with van der Waals surface area (Å²) in [5.41, 5.74) is 1.21. The summed E-state index contributed by atoms with van der Waals surface area (Å²) >= 11 is 9.21. The first-order valence-electron chi connectivity index (χ1n) is 5.21. The van der Waals surface area contributed by atoms with Gasteiger partial charge in [-0.3, -0.25) is 9.78 Å². The molecule has 2 rings (SSSR count). The fourth-order valence-electron chi connectivity index (χ4n) is 1.42. The SMILES string of the molecule is N#Cc1ccc(Cl)c(NC(=O)c2cncc(Br)c2)c1. The third-order valence-corrected chi connectivity index (χ3v) is 3.07. The minimum absolute atomic E-state index is 0.342. The lowest BCUT2D eigenvalue weighted by Crippen LogP contribution is -2.12. The molecule has 2 aromatic rings. The highest BCUT2D eigenvalue weighted by Crippen LogP contribution is 2.23. The number of benzene rings is 1. The van der Waals surface area contributed by atoms with Gasteiger partial charge in [0.1, 0.15) is 0 Å². The summed E-state index contributed by atoms with van der Waals surface area (Å²) in [7, 11) is 0. The van der Waals surface area contributed by atoms with Crippen molar-refractivity contribution in [2.75, 3.05) is 5.32 Å². The molecule has 0 atom stereocenters. The van der Waals surface area contributed by atoms with Crippen molar-refractivity contribution in [2.24, 2.45) is 0 Å². The summed E-state index contributed by atoms with van der Waals surface area (Å²) in [6, 6.07) is 8.30. The number of rotatable bonds is 2. The molecule has 0 saturated carbocycles. The van der Waals surface area contributed by atoms with Gasteiger partial charge in [0.15, 0.2) is 0 Å². The third-order valence-electron chi connectivity index (χ3n) is 2.31. The number of halogens is 2. The second-order valence-corrected chi connectivity index (χ2v) is 4.98. The first-order valence-corrected chi connectivity index (χ1v) is 6.39. The Morgan fingerprint density at radius 1 is 1.37 bits per heavy atom. The highest BCUT2D eigenvalue weighted by molar-refractivity contribution is 9.10. The number of hydrogen-bond acceptors (Lipinski definition) is 3. The van der Waals surface area contributed by atoms with Crippen molar-refractivity contribution in [3.63, 3.8) is 0 Å². The van der Waals surface area contributed by atoms with E-state index in [0.717, 1.165) is 0 Å². The Morgan fingerprint density at radius 2 is 2.16 bits per heavy atom. The summed E-state index contributed by atoms with van der Waals surface area (Å²) in [6.07, 6.45) is 3.03. The zero-order valence-electron chi connectivity index (χ0n) is 9.52. The Labute approximate surface area is 123 Å².